The fourth-order valence-electron chi connectivity index (χ4n) is 1.72. The van der Waals surface area contributed by atoms with E-state index < -0.39 is 18.2 Å². The van der Waals surface area contributed by atoms with Crippen molar-refractivity contribution in [1.82, 2.24) is 14.9 Å². The molecule has 2 heterocycles. The van der Waals surface area contributed by atoms with Gasteiger partial charge >= 0.3 is 12.1 Å². The number of alkyl halides is 3. The van der Waals surface area contributed by atoms with E-state index in [1.54, 1.807) is 13.8 Å². The van der Waals surface area contributed by atoms with Gasteiger partial charge in [0.05, 0.1) is 6.20 Å². The third kappa shape index (κ3) is 3.46. The second kappa shape index (κ2) is 5.82. The summed E-state index contributed by atoms with van der Waals surface area (Å²) in [6, 6.07) is 1.27. The molecule has 0 aliphatic heterocycles. The summed E-state index contributed by atoms with van der Waals surface area (Å²) in [5, 5.41) is 7.08. The molecule has 0 saturated carbocycles. The van der Waals surface area contributed by atoms with Crippen LogP contribution in [0, 0.1) is 0 Å². The van der Waals surface area contributed by atoms with Crippen LogP contribution in [0.4, 0.5) is 13.2 Å². The van der Waals surface area contributed by atoms with Crippen LogP contribution in [-0.2, 0) is 11.8 Å². The lowest BCUT2D eigenvalue weighted by molar-refractivity contribution is -0.207. The number of carbonyl (C=O) groups is 1. The van der Waals surface area contributed by atoms with E-state index in [9.17, 15) is 18.0 Å². The van der Waals surface area contributed by atoms with Gasteiger partial charge < -0.3 is 9.26 Å². The summed E-state index contributed by atoms with van der Waals surface area (Å²) in [7, 11) is 1.46. The van der Waals surface area contributed by atoms with Crippen molar-refractivity contribution in [3.05, 3.63) is 35.5 Å². The highest BCUT2D eigenvalue weighted by atomic mass is 19.4. The summed E-state index contributed by atoms with van der Waals surface area (Å²) in [5.74, 6) is -0.871. The third-order valence-electron chi connectivity index (χ3n) is 2.86. The monoisotopic (exact) mass is 317 g/mol. The van der Waals surface area contributed by atoms with Crippen LogP contribution in [-0.4, -0.2) is 27.1 Å². The number of nitrogens with zero attached hydrogens (tertiary/aromatic N) is 3. The average molecular weight is 317 g/mol. The van der Waals surface area contributed by atoms with E-state index in [2.05, 4.69) is 15.0 Å². The van der Waals surface area contributed by atoms with Crippen molar-refractivity contribution in [2.75, 3.05) is 0 Å². The molecule has 0 unspecified atom stereocenters. The summed E-state index contributed by atoms with van der Waals surface area (Å²) in [5.41, 5.74) is -0.572. The Kier molecular flexibility index (Phi) is 4.25. The Hall–Kier alpha value is -2.32. The Balaban J connectivity index is 2.21. The fraction of sp³-hybridized carbons (Fsp3) is 0.462. The molecule has 0 aliphatic carbocycles. The summed E-state index contributed by atoms with van der Waals surface area (Å²) in [4.78, 5) is 11.8. The molecule has 0 aliphatic rings. The number of aromatic nitrogens is 3. The van der Waals surface area contributed by atoms with Crippen LogP contribution in [0.2, 0.25) is 0 Å². The standard InChI is InChI=1S/C13H14F3N3O3/c1-7(2)10-4-9(18-22-10)12(20)21-11(13(14,15)16)8-5-17-19(3)6-8/h4-7,11H,1-3H3/t11-/m0/s1. The van der Waals surface area contributed by atoms with Crippen LogP contribution in [0.1, 0.15) is 47.7 Å². The van der Waals surface area contributed by atoms with Gasteiger partial charge in [0.15, 0.2) is 5.69 Å². The molecule has 2 aromatic rings. The Bertz CT molecular complexity index is 661. The van der Waals surface area contributed by atoms with Crippen molar-refractivity contribution in [2.45, 2.75) is 32.0 Å². The molecule has 0 saturated heterocycles. The minimum atomic E-state index is -4.76. The second-order valence-corrected chi connectivity index (χ2v) is 5.04. The first-order valence-corrected chi connectivity index (χ1v) is 6.41. The molecular weight excluding hydrogens is 303 g/mol. The molecule has 0 bridgehead atoms. The number of carbonyl (C=O) groups excluding carboxylic acids is 1. The number of rotatable bonds is 4. The zero-order valence-corrected chi connectivity index (χ0v) is 12.1. The van der Waals surface area contributed by atoms with Gasteiger partial charge in [0.25, 0.3) is 0 Å². The van der Waals surface area contributed by atoms with Crippen LogP contribution < -0.4 is 0 Å². The van der Waals surface area contributed by atoms with Gasteiger partial charge in [0.1, 0.15) is 5.76 Å². The van der Waals surface area contributed by atoms with E-state index in [0.717, 1.165) is 12.4 Å². The van der Waals surface area contributed by atoms with E-state index in [1.165, 1.54) is 17.8 Å². The molecular formula is C13H14F3N3O3. The Morgan fingerprint density at radius 3 is 2.55 bits per heavy atom. The average Bonchev–Trinajstić information content (AvgIpc) is 3.02. The van der Waals surface area contributed by atoms with Gasteiger partial charge in [-0.1, -0.05) is 19.0 Å². The van der Waals surface area contributed by atoms with Crippen molar-refractivity contribution >= 4 is 5.97 Å². The molecule has 0 aromatic carbocycles. The van der Waals surface area contributed by atoms with Gasteiger partial charge in [-0.15, -0.1) is 0 Å². The maximum atomic E-state index is 13.1. The molecule has 120 valence electrons. The maximum absolute atomic E-state index is 13.1. The number of esters is 1. The molecule has 6 nitrogen and oxygen atoms in total. The predicted octanol–water partition coefficient (Wildman–Crippen LogP) is 2.99. The summed E-state index contributed by atoms with van der Waals surface area (Å²) in [6.45, 7) is 3.59. The predicted molar refractivity (Wildman–Crippen MR) is 68.0 cm³/mol. The van der Waals surface area contributed by atoms with Crippen LogP contribution in [0.3, 0.4) is 0 Å². The number of hydrogen-bond acceptors (Lipinski definition) is 5. The fourth-order valence-corrected chi connectivity index (χ4v) is 1.72. The SMILES string of the molecule is CC(C)c1cc(C(=O)O[C@@H](c2cnn(C)c2)C(F)(F)F)no1. The van der Waals surface area contributed by atoms with Gasteiger partial charge in [-0.25, -0.2) is 4.79 Å². The quantitative estimate of drug-likeness (QED) is 0.811. The number of halogens is 3. The van der Waals surface area contributed by atoms with Crippen LogP contribution in [0.15, 0.2) is 23.0 Å². The molecule has 2 rings (SSSR count). The van der Waals surface area contributed by atoms with Crippen molar-refractivity contribution in [3.63, 3.8) is 0 Å². The molecule has 0 amide bonds. The lowest BCUT2D eigenvalue weighted by Crippen LogP contribution is -2.26. The molecule has 22 heavy (non-hydrogen) atoms. The van der Waals surface area contributed by atoms with E-state index in [-0.39, 0.29) is 17.2 Å². The first-order valence-electron chi connectivity index (χ1n) is 6.41. The second-order valence-electron chi connectivity index (χ2n) is 5.04. The molecule has 0 radical (unpaired) electrons. The van der Waals surface area contributed by atoms with E-state index in [1.807, 2.05) is 0 Å². The summed E-state index contributed by atoms with van der Waals surface area (Å²) >= 11 is 0. The molecule has 0 spiro atoms. The van der Waals surface area contributed by atoms with Crippen molar-refractivity contribution in [2.24, 2.45) is 7.05 Å². The maximum Gasteiger partial charge on any atom is 0.429 e. The van der Waals surface area contributed by atoms with Crippen molar-refractivity contribution in [3.8, 4) is 0 Å². The highest BCUT2D eigenvalue weighted by Crippen LogP contribution is 2.36. The number of ether oxygens (including phenoxy) is 1. The highest BCUT2D eigenvalue weighted by Gasteiger charge is 2.45. The third-order valence-corrected chi connectivity index (χ3v) is 2.86. The first kappa shape index (κ1) is 16.1. The lowest BCUT2D eigenvalue weighted by atomic mass is 10.1. The van der Waals surface area contributed by atoms with Gasteiger partial charge in [-0.3, -0.25) is 4.68 Å². The van der Waals surface area contributed by atoms with Gasteiger partial charge in [0, 0.05) is 30.8 Å². The first-order chi connectivity index (χ1) is 10.2. The topological polar surface area (TPSA) is 70.2 Å². The van der Waals surface area contributed by atoms with Crippen molar-refractivity contribution < 1.29 is 27.2 Å². The minimum absolute atomic E-state index is 0.0502. The Morgan fingerprint density at radius 1 is 1.41 bits per heavy atom. The number of hydrogen-bond donors (Lipinski definition) is 0. The van der Waals surface area contributed by atoms with Crippen LogP contribution in [0.25, 0.3) is 0 Å². The van der Waals surface area contributed by atoms with Gasteiger partial charge in [0.2, 0.25) is 6.10 Å². The summed E-state index contributed by atoms with van der Waals surface area (Å²) in [6.07, 6.45) is -5.04. The lowest BCUT2D eigenvalue weighted by Gasteiger charge is -2.18. The molecule has 2 aromatic heterocycles. The van der Waals surface area contributed by atoms with E-state index in [0.29, 0.717) is 5.76 Å². The van der Waals surface area contributed by atoms with Gasteiger partial charge in [-0.05, 0) is 0 Å². The highest BCUT2D eigenvalue weighted by molar-refractivity contribution is 5.87. The van der Waals surface area contributed by atoms with Crippen LogP contribution in [0.5, 0.6) is 0 Å². The van der Waals surface area contributed by atoms with E-state index >= 15 is 0 Å². The van der Waals surface area contributed by atoms with Gasteiger partial charge in [-0.2, -0.15) is 18.3 Å². The van der Waals surface area contributed by atoms with Crippen molar-refractivity contribution in [1.29, 1.82) is 0 Å². The normalized spacial score (nSPS) is 13.4. The smallest absolute Gasteiger partial charge is 0.429 e. The zero-order valence-electron chi connectivity index (χ0n) is 12.1. The molecule has 9 heteroatoms. The van der Waals surface area contributed by atoms with E-state index in [4.69, 9.17) is 4.52 Å². The molecule has 0 N–H and O–H groups in total. The number of aryl methyl sites for hydroxylation is 1. The summed E-state index contributed by atoms with van der Waals surface area (Å²) < 4.78 is 49.8. The largest absolute Gasteiger partial charge is 0.443 e. The molecule has 0 fully saturated rings. The zero-order chi connectivity index (χ0) is 16.5. The Labute approximate surface area is 123 Å². The Morgan fingerprint density at radius 2 is 2.09 bits per heavy atom. The minimum Gasteiger partial charge on any atom is -0.443 e. The molecule has 1 atom stereocenters. The van der Waals surface area contributed by atoms with Crippen LogP contribution >= 0.6 is 0 Å².